The van der Waals surface area contributed by atoms with Crippen LogP contribution >= 0.6 is 0 Å². The number of anilines is 1. The molecule has 0 aromatic heterocycles. The van der Waals surface area contributed by atoms with Gasteiger partial charge < -0.3 is 24.8 Å². The topological polar surface area (TPSA) is 105 Å². The lowest BCUT2D eigenvalue weighted by atomic mass is 9.94. The van der Waals surface area contributed by atoms with Gasteiger partial charge in [-0.1, -0.05) is 36.4 Å². The maximum absolute atomic E-state index is 12.8. The number of ether oxygens (including phenoxy) is 2. The molecule has 0 radical (unpaired) electrons. The number of nitrogens with one attached hydrogen (secondary N) is 1. The summed E-state index contributed by atoms with van der Waals surface area (Å²) in [5, 5.41) is 11.9. The largest absolute Gasteiger partial charge is 0.467 e. The van der Waals surface area contributed by atoms with Crippen LogP contribution in [-0.2, 0) is 32.0 Å². The van der Waals surface area contributed by atoms with Gasteiger partial charge in [0.15, 0.2) is 6.61 Å². The minimum absolute atomic E-state index is 0.0901. The molecule has 1 amide bonds. The first-order valence-electron chi connectivity index (χ1n) is 9.60. The number of esters is 2. The number of aliphatic hydroxyl groups excluding tert-OH is 1. The lowest BCUT2D eigenvalue weighted by Gasteiger charge is -2.35. The summed E-state index contributed by atoms with van der Waals surface area (Å²) in [6.45, 7) is -0.0752. The summed E-state index contributed by atoms with van der Waals surface area (Å²) < 4.78 is 10.1. The van der Waals surface area contributed by atoms with Crippen molar-refractivity contribution in [3.8, 4) is 0 Å². The van der Waals surface area contributed by atoms with Crippen LogP contribution in [0, 0.1) is 0 Å². The summed E-state index contributed by atoms with van der Waals surface area (Å²) in [7, 11) is 1.28. The molecular weight excluding hydrogens is 388 g/mol. The molecule has 0 saturated carbocycles. The Balaban J connectivity index is 1.70. The van der Waals surface area contributed by atoms with Gasteiger partial charge in [-0.05, 0) is 23.3 Å². The van der Waals surface area contributed by atoms with E-state index in [4.69, 9.17) is 14.6 Å². The second-order valence-electron chi connectivity index (χ2n) is 6.81. The van der Waals surface area contributed by atoms with E-state index in [1.807, 2.05) is 24.3 Å². The number of carbonyl (C=O) groups is 3. The van der Waals surface area contributed by atoms with Crippen LogP contribution in [0.3, 0.4) is 0 Å². The standard InChI is InChI=1S/C22H24N2O6/c1-29-22(28)19-12-15-6-2-3-7-16(15)13-24(19)20(26)14-30-21(27)17-8-4-5-9-18(17)23-10-11-25/h2-9,19,23,25H,10-14H2,1H3/t19-/m0/s1. The van der Waals surface area contributed by atoms with Crippen LogP contribution in [0.2, 0.25) is 0 Å². The molecule has 2 aromatic rings. The lowest BCUT2D eigenvalue weighted by molar-refractivity contribution is -0.155. The lowest BCUT2D eigenvalue weighted by Crippen LogP contribution is -2.50. The number of amides is 1. The van der Waals surface area contributed by atoms with Crippen LogP contribution in [-0.4, -0.2) is 60.8 Å². The summed E-state index contributed by atoms with van der Waals surface area (Å²) in [4.78, 5) is 39.0. The molecule has 2 aromatic carbocycles. The van der Waals surface area contributed by atoms with Crippen molar-refractivity contribution in [1.82, 2.24) is 4.90 Å². The molecule has 1 atom stereocenters. The fourth-order valence-corrected chi connectivity index (χ4v) is 3.43. The van der Waals surface area contributed by atoms with E-state index in [-0.39, 0.29) is 25.3 Å². The molecule has 0 fully saturated rings. The van der Waals surface area contributed by atoms with Gasteiger partial charge in [-0.2, -0.15) is 0 Å². The molecule has 0 aliphatic carbocycles. The highest BCUT2D eigenvalue weighted by Gasteiger charge is 2.35. The molecule has 3 rings (SSSR count). The Morgan fingerprint density at radius 2 is 1.80 bits per heavy atom. The minimum atomic E-state index is -0.769. The zero-order chi connectivity index (χ0) is 21.5. The van der Waals surface area contributed by atoms with E-state index in [0.717, 1.165) is 11.1 Å². The summed E-state index contributed by atoms with van der Waals surface area (Å²) >= 11 is 0. The number of hydrogen-bond acceptors (Lipinski definition) is 7. The molecule has 0 bridgehead atoms. The van der Waals surface area contributed by atoms with E-state index < -0.39 is 30.5 Å². The first kappa shape index (κ1) is 21.3. The first-order valence-corrected chi connectivity index (χ1v) is 9.60. The van der Waals surface area contributed by atoms with Gasteiger partial charge >= 0.3 is 11.9 Å². The quantitative estimate of drug-likeness (QED) is 0.662. The molecule has 0 saturated heterocycles. The van der Waals surface area contributed by atoms with E-state index in [0.29, 0.717) is 12.1 Å². The number of carbonyl (C=O) groups excluding carboxylic acids is 3. The molecule has 2 N–H and O–H groups in total. The Hall–Kier alpha value is -3.39. The highest BCUT2D eigenvalue weighted by Crippen LogP contribution is 2.24. The van der Waals surface area contributed by atoms with Crippen LogP contribution in [0.15, 0.2) is 48.5 Å². The Kier molecular flexibility index (Phi) is 7.03. The van der Waals surface area contributed by atoms with Crippen LogP contribution in [0.1, 0.15) is 21.5 Å². The second kappa shape index (κ2) is 9.89. The third-order valence-electron chi connectivity index (χ3n) is 4.94. The maximum Gasteiger partial charge on any atom is 0.340 e. The van der Waals surface area contributed by atoms with E-state index in [1.165, 1.54) is 12.0 Å². The predicted molar refractivity (Wildman–Crippen MR) is 109 cm³/mol. The summed E-state index contributed by atoms with van der Waals surface area (Å²) in [6.07, 6.45) is 0.344. The third-order valence-corrected chi connectivity index (χ3v) is 4.94. The number of para-hydroxylation sites is 1. The van der Waals surface area contributed by atoms with Crippen LogP contribution in [0.5, 0.6) is 0 Å². The number of methoxy groups -OCH3 is 1. The second-order valence-corrected chi connectivity index (χ2v) is 6.81. The van der Waals surface area contributed by atoms with E-state index >= 15 is 0 Å². The van der Waals surface area contributed by atoms with Gasteiger partial charge in [0.25, 0.3) is 5.91 Å². The van der Waals surface area contributed by atoms with Gasteiger partial charge in [-0.25, -0.2) is 9.59 Å². The number of aliphatic hydroxyl groups is 1. The highest BCUT2D eigenvalue weighted by molar-refractivity contribution is 5.97. The van der Waals surface area contributed by atoms with Gasteiger partial charge in [-0.15, -0.1) is 0 Å². The van der Waals surface area contributed by atoms with Crippen LogP contribution in [0.4, 0.5) is 5.69 Å². The molecule has 30 heavy (non-hydrogen) atoms. The van der Waals surface area contributed by atoms with Crippen molar-refractivity contribution in [2.45, 2.75) is 19.0 Å². The van der Waals surface area contributed by atoms with Crippen molar-refractivity contribution in [3.63, 3.8) is 0 Å². The average Bonchev–Trinajstić information content (AvgIpc) is 2.79. The van der Waals surface area contributed by atoms with Gasteiger partial charge in [-0.3, -0.25) is 4.79 Å². The molecule has 0 unspecified atom stereocenters. The maximum atomic E-state index is 12.8. The van der Waals surface area contributed by atoms with E-state index in [2.05, 4.69) is 5.32 Å². The molecule has 1 aliphatic heterocycles. The number of fused-ring (bicyclic) bond motifs is 1. The predicted octanol–water partition coefficient (Wildman–Crippen LogP) is 1.37. The highest BCUT2D eigenvalue weighted by atomic mass is 16.5. The average molecular weight is 412 g/mol. The van der Waals surface area contributed by atoms with Crippen molar-refractivity contribution < 1.29 is 29.0 Å². The van der Waals surface area contributed by atoms with Crippen molar-refractivity contribution in [2.24, 2.45) is 0 Å². The molecule has 158 valence electrons. The Morgan fingerprint density at radius 3 is 2.53 bits per heavy atom. The van der Waals surface area contributed by atoms with Gasteiger partial charge in [0.1, 0.15) is 6.04 Å². The van der Waals surface area contributed by atoms with Gasteiger partial charge in [0.2, 0.25) is 0 Å². The summed E-state index contributed by atoms with van der Waals surface area (Å²) in [5.74, 6) is -1.66. The van der Waals surface area contributed by atoms with Crippen molar-refractivity contribution in [3.05, 3.63) is 65.2 Å². The molecule has 1 heterocycles. The number of nitrogens with zero attached hydrogens (tertiary/aromatic N) is 1. The minimum Gasteiger partial charge on any atom is -0.467 e. The molecule has 0 spiro atoms. The fraction of sp³-hybridized carbons (Fsp3) is 0.318. The molecule has 8 heteroatoms. The third kappa shape index (κ3) is 4.77. The monoisotopic (exact) mass is 412 g/mol. The normalized spacial score (nSPS) is 15.1. The zero-order valence-electron chi connectivity index (χ0n) is 16.7. The SMILES string of the molecule is COC(=O)[C@@H]1Cc2ccccc2CN1C(=O)COC(=O)c1ccccc1NCCO. The van der Waals surface area contributed by atoms with Crippen molar-refractivity contribution >= 4 is 23.5 Å². The molecule has 1 aliphatic rings. The zero-order valence-corrected chi connectivity index (χ0v) is 16.7. The smallest absolute Gasteiger partial charge is 0.340 e. The Bertz CT molecular complexity index is 929. The van der Waals surface area contributed by atoms with Crippen molar-refractivity contribution in [2.75, 3.05) is 32.2 Å². The van der Waals surface area contributed by atoms with E-state index in [9.17, 15) is 14.4 Å². The summed E-state index contributed by atoms with van der Waals surface area (Å²) in [5.41, 5.74) is 2.68. The number of benzene rings is 2. The Morgan fingerprint density at radius 1 is 1.10 bits per heavy atom. The van der Waals surface area contributed by atoms with Crippen LogP contribution in [0.25, 0.3) is 0 Å². The van der Waals surface area contributed by atoms with Crippen molar-refractivity contribution in [1.29, 1.82) is 0 Å². The van der Waals surface area contributed by atoms with Gasteiger partial charge in [0.05, 0.1) is 19.3 Å². The van der Waals surface area contributed by atoms with E-state index in [1.54, 1.807) is 24.3 Å². The molecular formula is C22H24N2O6. The molecule has 8 nitrogen and oxygen atoms in total. The fourth-order valence-electron chi connectivity index (χ4n) is 3.43. The Labute approximate surface area is 174 Å². The first-order chi connectivity index (χ1) is 14.5. The van der Waals surface area contributed by atoms with Crippen LogP contribution < -0.4 is 5.32 Å². The van der Waals surface area contributed by atoms with Gasteiger partial charge in [0, 0.05) is 25.2 Å². The summed E-state index contributed by atoms with van der Waals surface area (Å²) in [6, 6.07) is 13.5. The number of rotatable bonds is 7. The number of hydrogen-bond donors (Lipinski definition) is 2.